The van der Waals surface area contributed by atoms with Gasteiger partial charge in [-0.1, -0.05) is 27.7 Å². The maximum absolute atomic E-state index is 11.7. The van der Waals surface area contributed by atoms with Crippen LogP contribution in [0.15, 0.2) is 0 Å². The van der Waals surface area contributed by atoms with Crippen molar-refractivity contribution in [1.82, 2.24) is 0 Å². The van der Waals surface area contributed by atoms with Crippen molar-refractivity contribution in [2.75, 3.05) is 6.61 Å². The van der Waals surface area contributed by atoms with Crippen LogP contribution in [0.5, 0.6) is 0 Å². The third-order valence-electron chi connectivity index (χ3n) is 6.87. The third kappa shape index (κ3) is 1.25. The van der Waals surface area contributed by atoms with Gasteiger partial charge in [0.2, 0.25) is 0 Å². The highest BCUT2D eigenvalue weighted by atomic mass is 16.3. The zero-order chi connectivity index (χ0) is 13.3. The number of carbonyl (C=O) groups excluding carboxylic acids is 1. The van der Waals surface area contributed by atoms with Gasteiger partial charge in [-0.25, -0.2) is 0 Å². The Morgan fingerprint density at radius 2 is 1.94 bits per heavy atom. The van der Waals surface area contributed by atoms with Crippen LogP contribution in [-0.2, 0) is 4.79 Å². The van der Waals surface area contributed by atoms with Crippen LogP contribution in [-0.4, -0.2) is 18.0 Å². The molecule has 3 fully saturated rings. The van der Waals surface area contributed by atoms with Gasteiger partial charge in [0.15, 0.2) is 0 Å². The van der Waals surface area contributed by atoms with E-state index in [0.29, 0.717) is 23.2 Å². The van der Waals surface area contributed by atoms with E-state index in [0.717, 1.165) is 6.42 Å². The molecule has 0 radical (unpaired) electrons. The highest BCUT2D eigenvalue weighted by Gasteiger charge is 2.76. The normalized spacial score (nSPS) is 56.7. The van der Waals surface area contributed by atoms with Gasteiger partial charge in [0, 0.05) is 12.0 Å². The van der Waals surface area contributed by atoms with Crippen LogP contribution in [0.1, 0.15) is 47.0 Å². The molecule has 0 aromatic carbocycles. The Kier molecular flexibility index (Phi) is 2.38. The number of rotatable bonds is 2. The van der Waals surface area contributed by atoms with Crippen molar-refractivity contribution >= 4 is 6.29 Å². The monoisotopic (exact) mass is 250 g/mol. The second kappa shape index (κ2) is 3.39. The molecule has 3 saturated carbocycles. The van der Waals surface area contributed by atoms with Crippen LogP contribution < -0.4 is 0 Å². The molecule has 102 valence electrons. The molecule has 2 nitrogen and oxygen atoms in total. The predicted octanol–water partition coefficient (Wildman–Crippen LogP) is 2.89. The average Bonchev–Trinajstić information content (AvgIpc) is 2.77. The fourth-order valence-electron chi connectivity index (χ4n) is 5.82. The Balaban J connectivity index is 2.01. The average molecular weight is 250 g/mol. The first kappa shape index (κ1) is 12.7. The summed E-state index contributed by atoms with van der Waals surface area (Å²) in [5.41, 5.74) is 0.379. The lowest BCUT2D eigenvalue weighted by molar-refractivity contribution is -0.122. The summed E-state index contributed by atoms with van der Waals surface area (Å²) >= 11 is 0. The molecule has 3 rings (SSSR count). The number of aldehydes is 1. The van der Waals surface area contributed by atoms with Crippen molar-refractivity contribution in [2.45, 2.75) is 47.0 Å². The van der Waals surface area contributed by atoms with Crippen LogP contribution in [0.4, 0.5) is 0 Å². The molecule has 3 aliphatic carbocycles. The molecule has 0 heterocycles. The lowest BCUT2D eigenvalue weighted by Gasteiger charge is -2.45. The van der Waals surface area contributed by atoms with Gasteiger partial charge in [-0.05, 0) is 53.8 Å². The van der Waals surface area contributed by atoms with Crippen molar-refractivity contribution in [3.63, 3.8) is 0 Å². The van der Waals surface area contributed by atoms with Gasteiger partial charge in [0.05, 0.1) is 0 Å². The molecule has 0 aromatic rings. The number of aliphatic hydroxyl groups is 1. The first-order valence-electron chi connectivity index (χ1n) is 7.38. The van der Waals surface area contributed by atoms with Crippen molar-refractivity contribution < 1.29 is 9.90 Å². The summed E-state index contributed by atoms with van der Waals surface area (Å²) in [6.45, 7) is 9.47. The third-order valence-corrected chi connectivity index (χ3v) is 6.87. The van der Waals surface area contributed by atoms with Crippen molar-refractivity contribution in [2.24, 2.45) is 39.9 Å². The summed E-state index contributed by atoms with van der Waals surface area (Å²) in [4.78, 5) is 11.7. The van der Waals surface area contributed by atoms with Crippen LogP contribution in [0.25, 0.3) is 0 Å². The molecule has 0 aromatic heterocycles. The number of fused-ring (bicyclic) bond motifs is 3. The summed E-state index contributed by atoms with van der Waals surface area (Å²) in [6, 6.07) is 0. The lowest BCUT2D eigenvalue weighted by Crippen LogP contribution is -2.44. The number of hydrogen-bond donors (Lipinski definition) is 1. The summed E-state index contributed by atoms with van der Waals surface area (Å²) in [7, 11) is 0. The fourth-order valence-corrected chi connectivity index (χ4v) is 5.82. The molecule has 0 amide bonds. The van der Waals surface area contributed by atoms with Crippen LogP contribution in [0.2, 0.25) is 0 Å². The summed E-state index contributed by atoms with van der Waals surface area (Å²) in [6.07, 6.45) is 4.72. The van der Waals surface area contributed by atoms with E-state index in [2.05, 4.69) is 27.7 Å². The van der Waals surface area contributed by atoms with Gasteiger partial charge < -0.3 is 9.90 Å². The van der Waals surface area contributed by atoms with Crippen molar-refractivity contribution in [3.05, 3.63) is 0 Å². The lowest BCUT2D eigenvalue weighted by atomic mass is 9.59. The topological polar surface area (TPSA) is 37.3 Å². The summed E-state index contributed by atoms with van der Waals surface area (Å²) in [5, 5.41) is 9.76. The van der Waals surface area contributed by atoms with Crippen molar-refractivity contribution in [3.8, 4) is 0 Å². The van der Waals surface area contributed by atoms with E-state index < -0.39 is 0 Å². The Labute approximate surface area is 110 Å². The van der Waals surface area contributed by atoms with E-state index in [1.54, 1.807) is 0 Å². The Morgan fingerprint density at radius 1 is 1.28 bits per heavy atom. The van der Waals surface area contributed by atoms with Gasteiger partial charge in [0.1, 0.15) is 6.29 Å². The maximum atomic E-state index is 11.7. The van der Waals surface area contributed by atoms with E-state index in [-0.39, 0.29) is 23.4 Å². The smallest absolute Gasteiger partial charge is 0.127 e. The van der Waals surface area contributed by atoms with E-state index in [9.17, 15) is 9.90 Å². The highest BCUT2D eigenvalue weighted by Crippen LogP contribution is 2.79. The van der Waals surface area contributed by atoms with Gasteiger partial charge in [-0.15, -0.1) is 0 Å². The molecular weight excluding hydrogens is 224 g/mol. The summed E-state index contributed by atoms with van der Waals surface area (Å²) < 4.78 is 0. The van der Waals surface area contributed by atoms with Crippen molar-refractivity contribution in [1.29, 1.82) is 0 Å². The molecule has 3 aliphatic rings. The first-order chi connectivity index (χ1) is 8.31. The van der Waals surface area contributed by atoms with E-state index in [4.69, 9.17) is 0 Å². The Bertz CT molecular complexity index is 389. The van der Waals surface area contributed by atoms with E-state index >= 15 is 0 Å². The molecule has 0 spiro atoms. The summed E-state index contributed by atoms with van der Waals surface area (Å²) in [5.74, 6) is 2.07. The number of hydrogen-bond acceptors (Lipinski definition) is 2. The SMILES string of the molecule is C[C@H]1[C@@H]2CC(C)(C)C[C@@H]2[C@@]2(C)C[C@@]2(C=O)[C@H]1CO. The number of carbonyl (C=O) groups is 1. The molecule has 0 saturated heterocycles. The molecule has 0 aliphatic heterocycles. The Hall–Kier alpha value is -0.370. The van der Waals surface area contributed by atoms with Crippen LogP contribution in [0.3, 0.4) is 0 Å². The standard InChI is InChI=1S/C16H26O2/c1-10-11-5-14(2,3)6-12(11)15(4)8-16(15,9-18)13(10)7-17/h9-13,17H,5-8H2,1-4H3/t10-,11-,12-,13-,15+,16+/m0/s1. The molecule has 6 atom stereocenters. The largest absolute Gasteiger partial charge is 0.396 e. The van der Waals surface area contributed by atoms with E-state index in [1.807, 2.05) is 0 Å². The molecule has 0 bridgehead atoms. The minimum atomic E-state index is -0.206. The van der Waals surface area contributed by atoms with Gasteiger partial charge >= 0.3 is 0 Å². The molecule has 2 heteroatoms. The van der Waals surface area contributed by atoms with Gasteiger partial charge in [-0.2, -0.15) is 0 Å². The minimum absolute atomic E-state index is 0.174. The van der Waals surface area contributed by atoms with Gasteiger partial charge in [-0.3, -0.25) is 0 Å². The zero-order valence-corrected chi connectivity index (χ0v) is 12.1. The minimum Gasteiger partial charge on any atom is -0.396 e. The molecule has 1 N–H and O–H groups in total. The Morgan fingerprint density at radius 3 is 2.50 bits per heavy atom. The maximum Gasteiger partial charge on any atom is 0.127 e. The molecular formula is C16H26O2. The first-order valence-corrected chi connectivity index (χ1v) is 7.38. The number of aliphatic hydroxyl groups excluding tert-OH is 1. The quantitative estimate of drug-likeness (QED) is 0.765. The molecule has 18 heavy (non-hydrogen) atoms. The second-order valence-electron chi connectivity index (χ2n) is 8.24. The predicted molar refractivity (Wildman–Crippen MR) is 71.0 cm³/mol. The van der Waals surface area contributed by atoms with Gasteiger partial charge in [0.25, 0.3) is 0 Å². The zero-order valence-electron chi connectivity index (χ0n) is 12.1. The van der Waals surface area contributed by atoms with E-state index in [1.165, 1.54) is 19.1 Å². The highest BCUT2D eigenvalue weighted by molar-refractivity contribution is 5.68. The van der Waals surface area contributed by atoms with Crippen LogP contribution >= 0.6 is 0 Å². The fraction of sp³-hybridized carbons (Fsp3) is 0.938. The molecule has 0 unspecified atom stereocenters. The second-order valence-corrected chi connectivity index (χ2v) is 8.24. The van der Waals surface area contributed by atoms with Crippen LogP contribution in [0, 0.1) is 39.9 Å².